The second kappa shape index (κ2) is 9.04. The molecule has 1 aliphatic heterocycles. The van der Waals surface area contributed by atoms with Gasteiger partial charge in [-0.2, -0.15) is 0 Å². The van der Waals surface area contributed by atoms with Crippen molar-refractivity contribution in [2.24, 2.45) is 0 Å². The van der Waals surface area contributed by atoms with Crippen LogP contribution in [-0.2, 0) is 29.0 Å². The Morgan fingerprint density at radius 1 is 1.12 bits per heavy atom. The molecule has 2 aromatic carbocycles. The van der Waals surface area contributed by atoms with Crippen molar-refractivity contribution in [3.63, 3.8) is 0 Å². The number of amides is 1. The van der Waals surface area contributed by atoms with Crippen LogP contribution in [0.2, 0.25) is 5.02 Å². The number of nitrogens with zero attached hydrogens (tertiary/aromatic N) is 4. The van der Waals surface area contributed by atoms with E-state index in [9.17, 15) is 9.59 Å². The number of hydrogen-bond acceptors (Lipinski definition) is 5. The van der Waals surface area contributed by atoms with Crippen LogP contribution in [0.1, 0.15) is 27.3 Å². The fourth-order valence-electron chi connectivity index (χ4n) is 3.92. The molecule has 0 N–H and O–H groups in total. The number of imidazole rings is 1. The van der Waals surface area contributed by atoms with Gasteiger partial charge >= 0.3 is 5.97 Å². The van der Waals surface area contributed by atoms with Crippen LogP contribution in [-0.4, -0.2) is 53.6 Å². The van der Waals surface area contributed by atoms with Crippen LogP contribution < -0.4 is 4.90 Å². The number of rotatable bonds is 5. The van der Waals surface area contributed by atoms with Crippen LogP contribution in [0, 0.1) is 0 Å². The SMILES string of the molecule is COC(=O)[C@@H]1Cc2ncn(Cc3ccc(Cl)cc3)c2CN1C(=O)c1ccc(N(C)C)cc1. The van der Waals surface area contributed by atoms with Crippen molar-refractivity contribution in [1.82, 2.24) is 14.5 Å². The van der Waals surface area contributed by atoms with Crippen molar-refractivity contribution in [2.45, 2.75) is 25.6 Å². The lowest BCUT2D eigenvalue weighted by atomic mass is 10.0. The van der Waals surface area contributed by atoms with E-state index in [0.717, 1.165) is 22.6 Å². The van der Waals surface area contributed by atoms with Crippen molar-refractivity contribution in [3.8, 4) is 0 Å². The smallest absolute Gasteiger partial charge is 0.329 e. The molecule has 0 bridgehead atoms. The van der Waals surface area contributed by atoms with Gasteiger partial charge in [0.15, 0.2) is 0 Å². The summed E-state index contributed by atoms with van der Waals surface area (Å²) in [4.78, 5) is 34.0. The molecule has 0 saturated heterocycles. The van der Waals surface area contributed by atoms with E-state index in [1.165, 1.54) is 7.11 Å². The van der Waals surface area contributed by atoms with Gasteiger partial charge in [-0.3, -0.25) is 4.79 Å². The van der Waals surface area contributed by atoms with Crippen molar-refractivity contribution < 1.29 is 14.3 Å². The molecule has 3 aromatic rings. The molecule has 0 aliphatic carbocycles. The molecule has 0 saturated carbocycles. The van der Waals surface area contributed by atoms with E-state index in [2.05, 4.69) is 4.98 Å². The van der Waals surface area contributed by atoms with E-state index in [1.54, 1.807) is 23.4 Å². The summed E-state index contributed by atoms with van der Waals surface area (Å²) in [6.45, 7) is 0.874. The molecule has 1 atom stereocenters. The highest BCUT2D eigenvalue weighted by Gasteiger charge is 2.38. The topological polar surface area (TPSA) is 67.7 Å². The Morgan fingerprint density at radius 2 is 1.81 bits per heavy atom. The number of ether oxygens (including phenoxy) is 1. The minimum Gasteiger partial charge on any atom is -0.467 e. The number of fused-ring (bicyclic) bond motifs is 1. The number of carbonyl (C=O) groups excluding carboxylic acids is 2. The van der Waals surface area contributed by atoms with Gasteiger partial charge in [-0.15, -0.1) is 0 Å². The second-order valence-electron chi connectivity index (χ2n) is 8.01. The lowest BCUT2D eigenvalue weighted by Crippen LogP contribution is -2.49. The molecule has 0 radical (unpaired) electrons. The van der Waals surface area contributed by atoms with Gasteiger partial charge in [0.05, 0.1) is 31.4 Å². The van der Waals surface area contributed by atoms with E-state index in [0.29, 0.717) is 23.6 Å². The first-order chi connectivity index (χ1) is 15.4. The molecule has 166 valence electrons. The lowest BCUT2D eigenvalue weighted by Gasteiger charge is -2.34. The first-order valence-electron chi connectivity index (χ1n) is 10.3. The Balaban J connectivity index is 1.64. The third-order valence-corrected chi connectivity index (χ3v) is 6.00. The first-order valence-corrected chi connectivity index (χ1v) is 10.7. The van der Waals surface area contributed by atoms with E-state index < -0.39 is 12.0 Å². The van der Waals surface area contributed by atoms with Gasteiger partial charge in [0.25, 0.3) is 5.91 Å². The van der Waals surface area contributed by atoms with Crippen LogP contribution in [0.3, 0.4) is 0 Å². The number of carbonyl (C=O) groups is 2. The molecular weight excluding hydrogens is 428 g/mol. The zero-order chi connectivity index (χ0) is 22.8. The number of benzene rings is 2. The van der Waals surface area contributed by atoms with Crippen LogP contribution in [0.5, 0.6) is 0 Å². The Labute approximate surface area is 192 Å². The monoisotopic (exact) mass is 452 g/mol. The van der Waals surface area contributed by atoms with Crippen molar-refractivity contribution in [3.05, 3.63) is 82.4 Å². The molecule has 1 aromatic heterocycles. The maximum Gasteiger partial charge on any atom is 0.329 e. The van der Waals surface area contributed by atoms with Gasteiger partial charge in [0.2, 0.25) is 0 Å². The Kier molecular flexibility index (Phi) is 6.19. The first kappa shape index (κ1) is 21.9. The average Bonchev–Trinajstić information content (AvgIpc) is 3.20. The van der Waals surface area contributed by atoms with Gasteiger partial charge in [0.1, 0.15) is 6.04 Å². The molecule has 0 unspecified atom stereocenters. The summed E-state index contributed by atoms with van der Waals surface area (Å²) in [5, 5.41) is 0.680. The highest BCUT2D eigenvalue weighted by molar-refractivity contribution is 6.30. The lowest BCUT2D eigenvalue weighted by molar-refractivity contribution is -0.146. The minimum atomic E-state index is -0.715. The van der Waals surface area contributed by atoms with Crippen LogP contribution >= 0.6 is 11.6 Å². The van der Waals surface area contributed by atoms with Crippen molar-refractivity contribution >= 4 is 29.2 Å². The molecule has 7 nitrogen and oxygen atoms in total. The maximum atomic E-state index is 13.4. The Hall–Kier alpha value is -3.32. The minimum absolute atomic E-state index is 0.212. The molecule has 1 amide bonds. The van der Waals surface area contributed by atoms with Crippen LogP contribution in [0.25, 0.3) is 0 Å². The summed E-state index contributed by atoms with van der Waals surface area (Å²) in [6, 6.07) is 14.3. The highest BCUT2D eigenvalue weighted by atomic mass is 35.5. The van der Waals surface area contributed by atoms with Gasteiger partial charge in [-0.25, -0.2) is 9.78 Å². The number of methoxy groups -OCH3 is 1. The van der Waals surface area contributed by atoms with Crippen LogP contribution in [0.15, 0.2) is 54.9 Å². The summed E-state index contributed by atoms with van der Waals surface area (Å²) >= 11 is 6.00. The molecule has 32 heavy (non-hydrogen) atoms. The summed E-state index contributed by atoms with van der Waals surface area (Å²) in [6.07, 6.45) is 2.07. The predicted octanol–water partition coefficient (Wildman–Crippen LogP) is 3.39. The van der Waals surface area contributed by atoms with Crippen molar-refractivity contribution in [2.75, 3.05) is 26.1 Å². The van der Waals surface area contributed by atoms with Gasteiger partial charge in [-0.05, 0) is 42.0 Å². The third-order valence-electron chi connectivity index (χ3n) is 5.75. The largest absolute Gasteiger partial charge is 0.467 e. The highest BCUT2D eigenvalue weighted by Crippen LogP contribution is 2.26. The van der Waals surface area contributed by atoms with Crippen LogP contribution in [0.4, 0.5) is 5.69 Å². The van der Waals surface area contributed by atoms with Gasteiger partial charge in [0, 0.05) is 43.3 Å². The number of anilines is 1. The number of esters is 1. The molecular formula is C24H25ClN4O3. The zero-order valence-corrected chi connectivity index (χ0v) is 19.0. The Bertz CT molecular complexity index is 1120. The molecule has 0 fully saturated rings. The van der Waals surface area contributed by atoms with Crippen molar-refractivity contribution in [1.29, 1.82) is 0 Å². The summed E-state index contributed by atoms with van der Waals surface area (Å²) in [5.74, 6) is -0.656. The fourth-order valence-corrected chi connectivity index (χ4v) is 4.04. The fraction of sp³-hybridized carbons (Fsp3) is 0.292. The van der Waals surface area contributed by atoms with E-state index in [-0.39, 0.29) is 12.5 Å². The predicted molar refractivity (Wildman–Crippen MR) is 123 cm³/mol. The molecule has 1 aliphatic rings. The third kappa shape index (κ3) is 4.34. The van der Waals surface area contributed by atoms with E-state index in [4.69, 9.17) is 16.3 Å². The molecule has 0 spiro atoms. The Morgan fingerprint density at radius 3 is 2.44 bits per heavy atom. The summed E-state index contributed by atoms with van der Waals surface area (Å²) in [7, 11) is 5.22. The zero-order valence-electron chi connectivity index (χ0n) is 18.3. The molecule has 2 heterocycles. The normalized spacial score (nSPS) is 15.2. The van der Waals surface area contributed by atoms with Gasteiger partial charge < -0.3 is 19.1 Å². The van der Waals surface area contributed by atoms with E-state index in [1.807, 2.05) is 60.0 Å². The number of halogens is 1. The summed E-state index contributed by atoms with van der Waals surface area (Å²) < 4.78 is 7.01. The standard InChI is InChI=1S/C24H25ClN4O3/c1-27(2)19-10-6-17(7-11-19)23(30)29-14-22-20(12-21(29)24(31)32-3)26-15-28(22)13-16-4-8-18(25)9-5-16/h4-11,15,21H,12-14H2,1-3H3/t21-/m0/s1. The number of hydrogen-bond donors (Lipinski definition) is 0. The molecule has 4 rings (SSSR count). The molecule has 8 heteroatoms. The average molecular weight is 453 g/mol. The quantitative estimate of drug-likeness (QED) is 0.555. The second-order valence-corrected chi connectivity index (χ2v) is 8.45. The maximum absolute atomic E-state index is 13.4. The summed E-state index contributed by atoms with van der Waals surface area (Å²) in [5.41, 5.74) is 4.31. The number of aromatic nitrogens is 2. The van der Waals surface area contributed by atoms with Gasteiger partial charge in [-0.1, -0.05) is 23.7 Å². The van der Waals surface area contributed by atoms with E-state index >= 15 is 0 Å².